The van der Waals surface area contributed by atoms with Gasteiger partial charge in [0.2, 0.25) is 5.88 Å². The van der Waals surface area contributed by atoms with Crippen molar-refractivity contribution in [1.82, 2.24) is 25.1 Å². The van der Waals surface area contributed by atoms with Crippen molar-refractivity contribution in [3.05, 3.63) is 79.4 Å². The average molecular weight is 676 g/mol. The number of aromatic nitrogens is 4. The van der Waals surface area contributed by atoms with Gasteiger partial charge in [0.1, 0.15) is 11.4 Å². The van der Waals surface area contributed by atoms with Crippen LogP contribution in [0.3, 0.4) is 0 Å². The van der Waals surface area contributed by atoms with Crippen LogP contribution in [0, 0.1) is 5.82 Å². The fourth-order valence-electron chi connectivity index (χ4n) is 4.37. The fraction of sp³-hybridized carbons (Fsp3) is 0.346. The Kier molecular flexibility index (Phi) is 8.34. The molecule has 2 aromatic heterocycles. The number of fused-ring (bicyclic) bond motifs is 1. The maximum atomic E-state index is 15.2. The van der Waals surface area contributed by atoms with Crippen molar-refractivity contribution >= 4 is 39.8 Å². The minimum absolute atomic E-state index is 0.0622. The SMILES string of the molecule is COc1ccc(C2=C(CN(C)C(=O)OC(C)(C)C)c3c([nH]c(=O)[nH]c3=O)S2(Br)Cc2c(F)cccc2C(F)(F)F)nn1. The molecule has 10 nitrogen and oxygen atoms in total. The van der Waals surface area contributed by atoms with Gasteiger partial charge in [0.15, 0.2) is 0 Å². The number of nitrogens with zero attached hydrogens (tertiary/aromatic N) is 3. The lowest BCUT2D eigenvalue weighted by molar-refractivity contribution is -0.138. The summed E-state index contributed by atoms with van der Waals surface area (Å²) in [5.41, 5.74) is -4.42. The monoisotopic (exact) mass is 675 g/mol. The van der Waals surface area contributed by atoms with Crippen molar-refractivity contribution < 1.29 is 31.8 Å². The first-order valence-corrected chi connectivity index (χ1v) is 15.9. The Morgan fingerprint density at radius 2 is 1.79 bits per heavy atom. The Labute approximate surface area is 245 Å². The number of hydrogen-bond acceptors (Lipinski definition) is 7. The van der Waals surface area contributed by atoms with Gasteiger partial charge in [0.25, 0.3) is 5.56 Å². The zero-order chi connectivity index (χ0) is 31.2. The summed E-state index contributed by atoms with van der Waals surface area (Å²) in [6.45, 7) is 4.70. The van der Waals surface area contributed by atoms with E-state index >= 15 is 4.39 Å². The zero-order valence-corrected chi connectivity index (χ0v) is 25.4. The molecule has 0 fully saturated rings. The summed E-state index contributed by atoms with van der Waals surface area (Å²) >= 11 is 3.57. The second-order valence-corrected chi connectivity index (χ2v) is 16.0. The molecule has 42 heavy (non-hydrogen) atoms. The van der Waals surface area contributed by atoms with Crippen LogP contribution in [0.5, 0.6) is 5.88 Å². The number of amides is 1. The Bertz CT molecular complexity index is 1680. The summed E-state index contributed by atoms with van der Waals surface area (Å²) in [5, 5.41) is 8.06. The first kappa shape index (κ1) is 31.3. The van der Waals surface area contributed by atoms with Gasteiger partial charge in [-0.2, -0.15) is 13.2 Å². The summed E-state index contributed by atoms with van der Waals surface area (Å²) in [7, 11) is -0.320. The molecule has 1 aliphatic heterocycles. The smallest absolute Gasteiger partial charge is 0.416 e. The molecule has 0 aliphatic carbocycles. The van der Waals surface area contributed by atoms with Crippen LogP contribution in [-0.2, 0) is 16.7 Å². The lowest BCUT2D eigenvalue weighted by atomic mass is 10.1. The summed E-state index contributed by atoms with van der Waals surface area (Å²) in [6.07, 6.45) is -5.67. The number of carbonyl (C=O) groups is 1. The lowest BCUT2D eigenvalue weighted by Crippen LogP contribution is -2.36. The Hall–Kier alpha value is -3.66. The minimum atomic E-state index is -4.91. The predicted octanol–water partition coefficient (Wildman–Crippen LogP) is 5.44. The first-order chi connectivity index (χ1) is 19.5. The Balaban J connectivity index is 2.03. The standard InChI is InChI=1S/C26H26BrF4N5O5S/c1-25(2,3)41-24(39)36(4)11-13-19-21(37)32-23(38)33-22(19)42(27,20(13)17-9-10-18(40-5)35-34-17)12-14-15(26(29,30)31)7-6-8-16(14)28/h6-10H,11-12H2,1-5H3,(H2,32,33,37,38). The topological polar surface area (TPSA) is 130 Å². The number of likely N-dealkylation sites (N-methyl/N-ethyl adjacent to an activating group) is 1. The van der Waals surface area contributed by atoms with Crippen molar-refractivity contribution in [3.8, 4) is 5.88 Å². The molecule has 0 saturated heterocycles. The predicted molar refractivity (Wildman–Crippen MR) is 152 cm³/mol. The van der Waals surface area contributed by atoms with Crippen LogP contribution in [-0.4, -0.2) is 57.5 Å². The molecule has 226 valence electrons. The molecular formula is C26H26BrF4N5O5S. The Morgan fingerprint density at radius 1 is 1.10 bits per heavy atom. The van der Waals surface area contributed by atoms with Gasteiger partial charge in [-0.1, -0.05) is 6.07 Å². The zero-order valence-electron chi connectivity index (χ0n) is 23.0. The van der Waals surface area contributed by atoms with E-state index in [1.165, 1.54) is 26.3 Å². The number of benzene rings is 1. The highest BCUT2D eigenvalue weighted by atomic mass is 79.9. The number of nitrogens with one attached hydrogen (secondary N) is 2. The number of rotatable bonds is 6. The molecule has 1 atom stereocenters. The molecule has 2 N–H and O–H groups in total. The summed E-state index contributed by atoms with van der Waals surface area (Å²) in [6, 6.07) is 5.49. The number of ether oxygens (including phenoxy) is 2. The minimum Gasteiger partial charge on any atom is -0.480 e. The maximum absolute atomic E-state index is 15.2. The van der Waals surface area contributed by atoms with Gasteiger partial charge in [-0.05, 0) is 53.8 Å². The molecule has 0 spiro atoms. The highest BCUT2D eigenvalue weighted by Gasteiger charge is 2.46. The van der Waals surface area contributed by atoms with Crippen molar-refractivity contribution in [2.75, 3.05) is 20.7 Å². The third kappa shape index (κ3) is 6.09. The van der Waals surface area contributed by atoms with E-state index in [4.69, 9.17) is 9.47 Å². The lowest BCUT2D eigenvalue weighted by Gasteiger charge is -2.33. The second-order valence-electron chi connectivity index (χ2n) is 10.3. The van der Waals surface area contributed by atoms with Gasteiger partial charge in [-0.25, -0.2) is 14.0 Å². The van der Waals surface area contributed by atoms with Crippen LogP contribution in [0.4, 0.5) is 22.4 Å². The maximum Gasteiger partial charge on any atom is 0.416 e. The fourth-order valence-corrected chi connectivity index (χ4v) is 9.84. The number of H-pyrrole nitrogens is 2. The first-order valence-electron chi connectivity index (χ1n) is 12.2. The molecular weight excluding hydrogens is 650 g/mol. The largest absolute Gasteiger partial charge is 0.480 e. The number of alkyl halides is 3. The number of aromatic amines is 2. The molecule has 3 heterocycles. The van der Waals surface area contributed by atoms with Crippen LogP contribution in [0.1, 0.15) is 43.2 Å². The van der Waals surface area contributed by atoms with E-state index in [0.29, 0.717) is 0 Å². The molecule has 0 saturated carbocycles. The van der Waals surface area contributed by atoms with Gasteiger partial charge in [-0.15, -0.1) is 18.7 Å². The molecule has 1 amide bonds. The van der Waals surface area contributed by atoms with Crippen molar-refractivity contribution in [2.24, 2.45) is 0 Å². The third-order valence-corrected chi connectivity index (χ3v) is 11.5. The summed E-state index contributed by atoms with van der Waals surface area (Å²) in [5.74, 6) is -1.65. The molecule has 1 aliphatic rings. The second kappa shape index (κ2) is 11.2. The van der Waals surface area contributed by atoms with Crippen molar-refractivity contribution in [3.63, 3.8) is 0 Å². The summed E-state index contributed by atoms with van der Waals surface area (Å²) < 4.78 is 67.8. The van der Waals surface area contributed by atoms with Gasteiger partial charge in [-0.3, -0.25) is 9.78 Å². The Morgan fingerprint density at radius 3 is 2.36 bits per heavy atom. The van der Waals surface area contributed by atoms with Crippen molar-refractivity contribution in [2.45, 2.75) is 43.3 Å². The van der Waals surface area contributed by atoms with Crippen LogP contribution >= 0.6 is 23.3 Å². The molecule has 1 aromatic carbocycles. The normalized spacial score (nSPS) is 18.3. The van der Waals surface area contributed by atoms with Crippen LogP contribution in [0.15, 0.2) is 44.9 Å². The molecule has 3 aromatic rings. The van der Waals surface area contributed by atoms with Gasteiger partial charge >= 0.3 is 18.0 Å². The van der Waals surface area contributed by atoms with Gasteiger partial charge < -0.3 is 19.4 Å². The number of methoxy groups -OCH3 is 1. The average Bonchev–Trinajstić information content (AvgIpc) is 3.11. The highest BCUT2D eigenvalue weighted by Crippen LogP contribution is 2.78. The van der Waals surface area contributed by atoms with Crippen molar-refractivity contribution in [1.29, 1.82) is 0 Å². The number of hydrogen-bond donors (Lipinski definition) is 2. The van der Waals surface area contributed by atoms with Gasteiger partial charge in [0.05, 0.1) is 35.5 Å². The van der Waals surface area contributed by atoms with E-state index in [9.17, 15) is 27.6 Å². The van der Waals surface area contributed by atoms with E-state index in [2.05, 4.69) is 35.0 Å². The van der Waals surface area contributed by atoms with Gasteiger partial charge in [0, 0.05) is 34.9 Å². The molecule has 0 bridgehead atoms. The van der Waals surface area contributed by atoms with E-state index < -0.39 is 60.3 Å². The molecule has 0 radical (unpaired) electrons. The van der Waals surface area contributed by atoms with E-state index in [0.717, 1.165) is 23.1 Å². The number of halogens is 5. The molecule has 16 heteroatoms. The number of carbonyl (C=O) groups excluding carboxylic acids is 1. The van der Waals surface area contributed by atoms with Crippen LogP contribution in [0.25, 0.3) is 10.5 Å². The van der Waals surface area contributed by atoms with E-state index in [-0.39, 0.29) is 39.2 Å². The van der Waals surface area contributed by atoms with Crippen LogP contribution in [0.2, 0.25) is 0 Å². The van der Waals surface area contributed by atoms with E-state index in [1.54, 1.807) is 20.8 Å². The molecule has 1 unspecified atom stereocenters. The quantitative estimate of drug-likeness (QED) is 0.263. The molecule has 4 rings (SSSR count). The highest BCUT2D eigenvalue weighted by molar-refractivity contribution is 9.59. The van der Waals surface area contributed by atoms with Crippen LogP contribution < -0.4 is 16.0 Å². The summed E-state index contributed by atoms with van der Waals surface area (Å²) in [4.78, 5) is 44.6. The van der Waals surface area contributed by atoms with E-state index in [1.807, 2.05) is 0 Å². The third-order valence-electron chi connectivity index (χ3n) is 6.08.